The van der Waals surface area contributed by atoms with Crippen molar-refractivity contribution in [2.75, 3.05) is 33.2 Å². The van der Waals surface area contributed by atoms with Crippen molar-refractivity contribution in [2.24, 2.45) is 5.41 Å². The number of aliphatic hydroxyl groups excluding tert-OH is 1. The molecule has 1 spiro atoms. The standard InChI is InChI=1S/C20H30N6O2/c1-14-16(15(2)26-19(23-14)21-13-22-26)5-6-18(28)25-9-4-8-20(12-25)11-24(3)10-7-17(20)27/h13,17,27H,4-12H2,1-3H3/t17-,20-/m0/s1. The molecule has 8 nitrogen and oxygen atoms in total. The molecule has 2 aromatic heterocycles. The topological polar surface area (TPSA) is 86.9 Å². The lowest BCUT2D eigenvalue weighted by Gasteiger charge is -2.50. The van der Waals surface area contributed by atoms with E-state index in [4.69, 9.17) is 0 Å². The molecule has 0 unspecified atom stereocenters. The number of rotatable bonds is 3. The zero-order chi connectivity index (χ0) is 19.9. The van der Waals surface area contributed by atoms with Crippen molar-refractivity contribution >= 4 is 11.7 Å². The number of hydrogen-bond acceptors (Lipinski definition) is 6. The average Bonchev–Trinajstić information content (AvgIpc) is 3.13. The molecule has 4 heterocycles. The molecular formula is C20H30N6O2. The maximum atomic E-state index is 13.0. The molecule has 0 saturated carbocycles. The van der Waals surface area contributed by atoms with Crippen LogP contribution in [-0.4, -0.2) is 79.7 Å². The number of aromatic nitrogens is 4. The lowest BCUT2D eigenvalue weighted by molar-refractivity contribution is -0.140. The highest BCUT2D eigenvalue weighted by Crippen LogP contribution is 2.38. The highest BCUT2D eigenvalue weighted by atomic mass is 16.3. The first-order valence-corrected chi connectivity index (χ1v) is 10.2. The van der Waals surface area contributed by atoms with Crippen molar-refractivity contribution in [3.8, 4) is 0 Å². The Kier molecular flexibility index (Phi) is 5.09. The SMILES string of the molecule is Cc1nc2ncnn2c(C)c1CCC(=O)N1CCC[C@]2(CN(C)CC[C@@H]2O)C1. The number of likely N-dealkylation sites (tertiary alicyclic amines) is 2. The Balaban J connectivity index is 1.45. The number of aryl methyl sites for hydroxylation is 2. The maximum Gasteiger partial charge on any atom is 0.252 e. The van der Waals surface area contributed by atoms with Gasteiger partial charge in [0, 0.05) is 49.4 Å². The first-order valence-electron chi connectivity index (χ1n) is 10.2. The molecule has 2 fully saturated rings. The van der Waals surface area contributed by atoms with E-state index in [0.29, 0.717) is 25.2 Å². The molecule has 4 rings (SSSR count). The van der Waals surface area contributed by atoms with Gasteiger partial charge in [-0.3, -0.25) is 4.79 Å². The summed E-state index contributed by atoms with van der Waals surface area (Å²) in [5, 5.41) is 14.9. The molecule has 0 aromatic carbocycles. The molecule has 1 amide bonds. The summed E-state index contributed by atoms with van der Waals surface area (Å²) in [7, 11) is 2.10. The van der Waals surface area contributed by atoms with E-state index in [2.05, 4.69) is 27.0 Å². The monoisotopic (exact) mass is 386 g/mol. The summed E-state index contributed by atoms with van der Waals surface area (Å²) in [4.78, 5) is 25.9. The van der Waals surface area contributed by atoms with Gasteiger partial charge in [-0.15, -0.1) is 0 Å². The number of carbonyl (C=O) groups is 1. The highest BCUT2D eigenvalue weighted by Gasteiger charge is 2.45. The lowest BCUT2D eigenvalue weighted by atomic mass is 9.71. The van der Waals surface area contributed by atoms with Crippen LogP contribution in [0, 0.1) is 19.3 Å². The fraction of sp³-hybridized carbons (Fsp3) is 0.700. The summed E-state index contributed by atoms with van der Waals surface area (Å²) in [6, 6.07) is 0. The predicted molar refractivity (Wildman–Crippen MR) is 105 cm³/mol. The minimum atomic E-state index is -0.317. The van der Waals surface area contributed by atoms with Crippen molar-refractivity contribution in [2.45, 2.75) is 52.1 Å². The van der Waals surface area contributed by atoms with Crippen LogP contribution in [-0.2, 0) is 11.2 Å². The summed E-state index contributed by atoms with van der Waals surface area (Å²) in [6.45, 7) is 7.20. The van der Waals surface area contributed by atoms with E-state index in [1.807, 2.05) is 18.7 Å². The van der Waals surface area contributed by atoms with Gasteiger partial charge in [0.2, 0.25) is 5.91 Å². The Morgan fingerprint density at radius 2 is 2.14 bits per heavy atom. The lowest BCUT2D eigenvalue weighted by Crippen LogP contribution is -2.59. The van der Waals surface area contributed by atoms with Crippen LogP contribution >= 0.6 is 0 Å². The molecule has 1 N–H and O–H groups in total. The van der Waals surface area contributed by atoms with Crippen LogP contribution in [0.3, 0.4) is 0 Å². The third-order valence-electron chi connectivity index (χ3n) is 6.61. The van der Waals surface area contributed by atoms with Crippen LogP contribution in [0.4, 0.5) is 0 Å². The van der Waals surface area contributed by atoms with Gasteiger partial charge in [0.05, 0.1) is 6.10 Å². The predicted octanol–water partition coefficient (Wildman–Crippen LogP) is 0.979. The molecule has 0 aliphatic carbocycles. The van der Waals surface area contributed by atoms with Crippen molar-refractivity contribution in [1.82, 2.24) is 29.4 Å². The van der Waals surface area contributed by atoms with Gasteiger partial charge in [0.1, 0.15) is 6.33 Å². The van der Waals surface area contributed by atoms with E-state index >= 15 is 0 Å². The van der Waals surface area contributed by atoms with Gasteiger partial charge in [-0.1, -0.05) is 0 Å². The number of piperidine rings is 2. The summed E-state index contributed by atoms with van der Waals surface area (Å²) in [5.74, 6) is 0.760. The van der Waals surface area contributed by atoms with Crippen molar-refractivity contribution in [3.63, 3.8) is 0 Å². The van der Waals surface area contributed by atoms with E-state index in [1.54, 1.807) is 4.52 Å². The fourth-order valence-electron chi connectivity index (χ4n) is 5.05. The second-order valence-corrected chi connectivity index (χ2v) is 8.56. The van der Waals surface area contributed by atoms with Crippen LogP contribution in [0.2, 0.25) is 0 Å². The molecule has 2 aromatic rings. The normalized spacial score (nSPS) is 26.3. The van der Waals surface area contributed by atoms with E-state index in [1.165, 1.54) is 6.33 Å². The van der Waals surface area contributed by atoms with Crippen LogP contribution in [0.5, 0.6) is 0 Å². The third kappa shape index (κ3) is 3.39. The Hall–Kier alpha value is -2.06. The average molecular weight is 387 g/mol. The Morgan fingerprint density at radius 1 is 1.32 bits per heavy atom. The van der Waals surface area contributed by atoms with Crippen molar-refractivity contribution in [1.29, 1.82) is 0 Å². The third-order valence-corrected chi connectivity index (χ3v) is 6.61. The van der Waals surface area contributed by atoms with E-state index < -0.39 is 0 Å². The molecular weight excluding hydrogens is 356 g/mol. The first-order chi connectivity index (χ1) is 13.4. The molecule has 0 bridgehead atoms. The molecule has 0 radical (unpaired) electrons. The van der Waals surface area contributed by atoms with Crippen LogP contribution < -0.4 is 0 Å². The van der Waals surface area contributed by atoms with Crippen LogP contribution in [0.1, 0.15) is 42.6 Å². The quantitative estimate of drug-likeness (QED) is 0.846. The van der Waals surface area contributed by atoms with Gasteiger partial charge in [-0.25, -0.2) is 9.50 Å². The second kappa shape index (κ2) is 7.40. The van der Waals surface area contributed by atoms with Crippen LogP contribution in [0.15, 0.2) is 6.33 Å². The first kappa shape index (κ1) is 19.3. The Labute approximate surface area is 165 Å². The summed E-state index contributed by atoms with van der Waals surface area (Å²) < 4.78 is 1.73. The Morgan fingerprint density at radius 3 is 2.96 bits per heavy atom. The second-order valence-electron chi connectivity index (χ2n) is 8.56. The number of nitrogens with zero attached hydrogens (tertiary/aromatic N) is 6. The number of fused-ring (bicyclic) bond motifs is 1. The maximum absolute atomic E-state index is 13.0. The molecule has 2 saturated heterocycles. The van der Waals surface area contributed by atoms with E-state index in [-0.39, 0.29) is 17.4 Å². The van der Waals surface area contributed by atoms with E-state index in [0.717, 1.165) is 55.8 Å². The molecule has 152 valence electrons. The zero-order valence-corrected chi connectivity index (χ0v) is 17.1. The van der Waals surface area contributed by atoms with Gasteiger partial charge < -0.3 is 14.9 Å². The minimum absolute atomic E-state index is 0.164. The fourth-order valence-corrected chi connectivity index (χ4v) is 5.05. The largest absolute Gasteiger partial charge is 0.392 e. The highest BCUT2D eigenvalue weighted by molar-refractivity contribution is 5.76. The summed E-state index contributed by atoms with van der Waals surface area (Å²) in [5.41, 5.74) is 2.79. The van der Waals surface area contributed by atoms with Gasteiger partial charge in [0.15, 0.2) is 0 Å². The summed E-state index contributed by atoms with van der Waals surface area (Å²) in [6.07, 6.45) is 5.03. The van der Waals surface area contributed by atoms with E-state index in [9.17, 15) is 9.90 Å². The smallest absolute Gasteiger partial charge is 0.252 e. The van der Waals surface area contributed by atoms with Gasteiger partial charge in [-0.05, 0) is 52.1 Å². The number of carbonyl (C=O) groups excluding carboxylic acids is 1. The number of hydrogen-bond donors (Lipinski definition) is 1. The minimum Gasteiger partial charge on any atom is -0.392 e. The van der Waals surface area contributed by atoms with Crippen molar-refractivity contribution in [3.05, 3.63) is 23.3 Å². The molecule has 2 atom stereocenters. The Bertz CT molecular complexity index is 881. The van der Waals surface area contributed by atoms with Gasteiger partial charge in [-0.2, -0.15) is 10.1 Å². The van der Waals surface area contributed by atoms with Crippen molar-refractivity contribution < 1.29 is 9.90 Å². The molecule has 28 heavy (non-hydrogen) atoms. The zero-order valence-electron chi connectivity index (χ0n) is 17.1. The number of aliphatic hydroxyl groups is 1. The molecule has 8 heteroatoms. The van der Waals surface area contributed by atoms with Gasteiger partial charge in [0.25, 0.3) is 5.78 Å². The summed E-state index contributed by atoms with van der Waals surface area (Å²) >= 11 is 0. The van der Waals surface area contributed by atoms with Gasteiger partial charge >= 0.3 is 0 Å². The number of amides is 1. The molecule has 2 aliphatic heterocycles. The molecule has 2 aliphatic rings. The van der Waals surface area contributed by atoms with Crippen LogP contribution in [0.25, 0.3) is 5.78 Å².